The fraction of sp³-hybridized carbons (Fsp3) is 0.333. The predicted octanol–water partition coefficient (Wildman–Crippen LogP) is 4.09. The molecule has 1 spiro atoms. The summed E-state index contributed by atoms with van der Waals surface area (Å²) in [5.41, 5.74) is 3.01. The van der Waals surface area contributed by atoms with Crippen molar-refractivity contribution >= 4 is 0 Å². The van der Waals surface area contributed by atoms with E-state index in [1.165, 1.54) is 24.0 Å². The molecular weight excluding hydrogens is 249 g/mol. The molecule has 2 aromatic carbocycles. The minimum absolute atomic E-state index is 0.0799. The Bertz CT molecular complexity index is 630. The second-order valence-corrected chi connectivity index (χ2v) is 6.18. The van der Waals surface area contributed by atoms with Gasteiger partial charge >= 0.3 is 0 Å². The largest absolute Gasteiger partial charge is 0.280 e. The summed E-state index contributed by atoms with van der Waals surface area (Å²) >= 11 is 0. The molecule has 0 bridgehead atoms. The SMILES string of the molecule is CC1(c2ccc(F)cc2)N(Cc2ccccc2)C12CC2. The highest BCUT2D eigenvalue weighted by Crippen LogP contribution is 2.72. The molecule has 20 heavy (non-hydrogen) atoms. The smallest absolute Gasteiger partial charge is 0.123 e. The van der Waals surface area contributed by atoms with Gasteiger partial charge in [-0.15, -0.1) is 0 Å². The van der Waals surface area contributed by atoms with Gasteiger partial charge in [0.2, 0.25) is 0 Å². The Morgan fingerprint density at radius 1 is 1.00 bits per heavy atom. The molecule has 2 aliphatic rings. The quantitative estimate of drug-likeness (QED) is 0.757. The van der Waals surface area contributed by atoms with Crippen molar-refractivity contribution in [2.24, 2.45) is 0 Å². The first-order valence-electron chi connectivity index (χ1n) is 7.25. The molecule has 2 aromatic rings. The predicted molar refractivity (Wildman–Crippen MR) is 77.7 cm³/mol. The third kappa shape index (κ3) is 1.52. The van der Waals surface area contributed by atoms with E-state index < -0.39 is 0 Å². The summed E-state index contributed by atoms with van der Waals surface area (Å²) in [5.74, 6) is -0.155. The molecular formula is C18H18FN. The lowest BCUT2D eigenvalue weighted by atomic mass is 9.95. The van der Waals surface area contributed by atoms with E-state index in [0.717, 1.165) is 6.54 Å². The van der Waals surface area contributed by atoms with Gasteiger partial charge in [0.15, 0.2) is 0 Å². The molecule has 4 rings (SSSR count). The molecule has 0 amide bonds. The fourth-order valence-electron chi connectivity index (χ4n) is 3.82. The summed E-state index contributed by atoms with van der Waals surface area (Å²) < 4.78 is 13.1. The van der Waals surface area contributed by atoms with Crippen molar-refractivity contribution in [1.29, 1.82) is 0 Å². The molecule has 1 aliphatic heterocycles. The lowest BCUT2D eigenvalue weighted by Gasteiger charge is -2.13. The van der Waals surface area contributed by atoms with Crippen LogP contribution in [-0.2, 0) is 12.1 Å². The number of hydrogen-bond donors (Lipinski definition) is 0. The first-order chi connectivity index (χ1) is 9.67. The molecule has 0 N–H and O–H groups in total. The standard InChI is InChI=1S/C18H18FN/c1-17(15-7-9-16(19)10-8-15)18(11-12-18)20(17)13-14-5-3-2-4-6-14/h2-10H,11-13H2,1H3. The maximum absolute atomic E-state index is 13.1. The van der Waals surface area contributed by atoms with Crippen LogP contribution in [0.1, 0.15) is 30.9 Å². The van der Waals surface area contributed by atoms with E-state index in [2.05, 4.69) is 42.2 Å². The van der Waals surface area contributed by atoms with Crippen molar-refractivity contribution in [3.8, 4) is 0 Å². The highest BCUT2D eigenvalue weighted by molar-refractivity contribution is 5.45. The zero-order valence-corrected chi connectivity index (χ0v) is 11.6. The third-order valence-electron chi connectivity index (χ3n) is 5.23. The molecule has 0 aromatic heterocycles. The highest BCUT2D eigenvalue weighted by Gasteiger charge is 2.78. The third-order valence-corrected chi connectivity index (χ3v) is 5.23. The van der Waals surface area contributed by atoms with Crippen LogP contribution in [0.25, 0.3) is 0 Å². The van der Waals surface area contributed by atoms with Crippen LogP contribution in [-0.4, -0.2) is 10.4 Å². The van der Waals surface area contributed by atoms with Gasteiger partial charge in [-0.05, 0) is 43.0 Å². The normalized spacial score (nSPS) is 29.4. The zero-order valence-electron chi connectivity index (χ0n) is 11.6. The Balaban J connectivity index is 1.64. The summed E-state index contributed by atoms with van der Waals surface area (Å²) in [6.45, 7) is 3.28. The number of nitrogens with zero attached hydrogens (tertiary/aromatic N) is 1. The number of hydrogen-bond acceptors (Lipinski definition) is 1. The second-order valence-electron chi connectivity index (χ2n) is 6.18. The fourth-order valence-corrected chi connectivity index (χ4v) is 3.82. The number of rotatable bonds is 3. The zero-order chi connectivity index (χ0) is 13.8. The maximum Gasteiger partial charge on any atom is 0.123 e. The molecule has 1 saturated heterocycles. The monoisotopic (exact) mass is 267 g/mol. The minimum atomic E-state index is -0.155. The van der Waals surface area contributed by atoms with E-state index in [4.69, 9.17) is 0 Å². The Morgan fingerprint density at radius 3 is 2.25 bits per heavy atom. The van der Waals surface area contributed by atoms with Crippen LogP contribution in [0.3, 0.4) is 0 Å². The molecule has 0 radical (unpaired) electrons. The lowest BCUT2D eigenvalue weighted by molar-refractivity contribution is 0.416. The van der Waals surface area contributed by atoms with Crippen molar-refractivity contribution in [1.82, 2.24) is 4.90 Å². The Morgan fingerprint density at radius 2 is 1.65 bits per heavy atom. The average molecular weight is 267 g/mol. The Labute approximate surface area is 119 Å². The van der Waals surface area contributed by atoms with E-state index >= 15 is 0 Å². The minimum Gasteiger partial charge on any atom is -0.280 e. The summed E-state index contributed by atoms with van der Waals surface area (Å²) in [7, 11) is 0. The number of halogens is 1. The van der Waals surface area contributed by atoms with Crippen molar-refractivity contribution < 1.29 is 4.39 Å². The summed E-state index contributed by atoms with van der Waals surface area (Å²) in [6, 6.07) is 17.6. The van der Waals surface area contributed by atoms with Crippen molar-refractivity contribution in [3.05, 3.63) is 71.5 Å². The lowest BCUT2D eigenvalue weighted by Crippen LogP contribution is -2.12. The van der Waals surface area contributed by atoms with Gasteiger partial charge in [-0.25, -0.2) is 4.39 Å². The summed E-state index contributed by atoms with van der Waals surface area (Å²) in [5, 5.41) is 0. The van der Waals surface area contributed by atoms with Crippen LogP contribution in [0.15, 0.2) is 54.6 Å². The van der Waals surface area contributed by atoms with Crippen LogP contribution < -0.4 is 0 Å². The van der Waals surface area contributed by atoms with Gasteiger partial charge < -0.3 is 0 Å². The van der Waals surface area contributed by atoms with Crippen LogP contribution in [0.2, 0.25) is 0 Å². The molecule has 1 nitrogen and oxygen atoms in total. The van der Waals surface area contributed by atoms with Gasteiger partial charge in [-0.1, -0.05) is 42.5 Å². The molecule has 2 fully saturated rings. The van der Waals surface area contributed by atoms with Gasteiger partial charge in [-0.2, -0.15) is 0 Å². The first kappa shape index (κ1) is 12.1. The van der Waals surface area contributed by atoms with Crippen LogP contribution in [0.4, 0.5) is 4.39 Å². The molecule has 1 heterocycles. The van der Waals surface area contributed by atoms with Gasteiger partial charge in [0.25, 0.3) is 0 Å². The number of benzene rings is 2. The van der Waals surface area contributed by atoms with E-state index in [9.17, 15) is 4.39 Å². The molecule has 102 valence electrons. The second kappa shape index (κ2) is 3.92. The van der Waals surface area contributed by atoms with E-state index in [1.807, 2.05) is 12.1 Å². The summed E-state index contributed by atoms with van der Waals surface area (Å²) in [4.78, 5) is 2.57. The van der Waals surface area contributed by atoms with Crippen molar-refractivity contribution in [2.75, 3.05) is 0 Å². The maximum atomic E-state index is 13.1. The van der Waals surface area contributed by atoms with Gasteiger partial charge in [-0.3, -0.25) is 4.90 Å². The molecule has 2 unspecified atom stereocenters. The summed E-state index contributed by atoms with van der Waals surface area (Å²) in [6.07, 6.45) is 2.52. The van der Waals surface area contributed by atoms with Crippen LogP contribution >= 0.6 is 0 Å². The molecule has 2 heteroatoms. The van der Waals surface area contributed by atoms with E-state index in [-0.39, 0.29) is 11.4 Å². The average Bonchev–Trinajstić information content (AvgIpc) is 3.35. The molecule has 2 atom stereocenters. The van der Waals surface area contributed by atoms with E-state index in [0.29, 0.717) is 5.54 Å². The molecule has 1 aliphatic carbocycles. The topological polar surface area (TPSA) is 3.01 Å². The van der Waals surface area contributed by atoms with Crippen molar-refractivity contribution in [2.45, 2.75) is 37.4 Å². The Hall–Kier alpha value is -1.67. The highest BCUT2D eigenvalue weighted by atomic mass is 19.1. The van der Waals surface area contributed by atoms with Crippen LogP contribution in [0.5, 0.6) is 0 Å². The van der Waals surface area contributed by atoms with Crippen LogP contribution in [0, 0.1) is 5.82 Å². The van der Waals surface area contributed by atoms with E-state index in [1.54, 1.807) is 12.1 Å². The first-order valence-corrected chi connectivity index (χ1v) is 7.25. The van der Waals surface area contributed by atoms with Gasteiger partial charge in [0.05, 0.1) is 5.54 Å². The molecule has 1 saturated carbocycles. The van der Waals surface area contributed by atoms with Crippen molar-refractivity contribution in [3.63, 3.8) is 0 Å². The van der Waals surface area contributed by atoms with Gasteiger partial charge in [0.1, 0.15) is 5.82 Å². The van der Waals surface area contributed by atoms with Gasteiger partial charge in [0, 0.05) is 12.1 Å². The Kier molecular flexibility index (Phi) is 2.37.